The molecular weight excluding hydrogens is 786 g/mol. The zero-order valence-electron chi connectivity index (χ0n) is 33.2. The Labute approximate surface area is 335 Å². The predicted octanol–water partition coefficient (Wildman–Crippen LogP) is 4.85. The predicted molar refractivity (Wildman–Crippen MR) is 204 cm³/mol. The van der Waals surface area contributed by atoms with Crippen LogP contribution < -0.4 is 24.8 Å². The van der Waals surface area contributed by atoms with Gasteiger partial charge in [-0.05, 0) is 71.3 Å². The summed E-state index contributed by atoms with van der Waals surface area (Å²) in [5.74, 6) is -3.51. The van der Waals surface area contributed by atoms with Gasteiger partial charge in [-0.15, -0.1) is 0 Å². The van der Waals surface area contributed by atoms with Crippen molar-refractivity contribution in [2.75, 3.05) is 13.7 Å². The summed E-state index contributed by atoms with van der Waals surface area (Å²) in [5, 5.41) is 5.38. The number of hydrogen-bond acceptors (Lipinski definition) is 11. The molecule has 1 saturated heterocycles. The Kier molecular flexibility index (Phi) is 12.2. The van der Waals surface area contributed by atoms with E-state index in [2.05, 4.69) is 25.3 Å². The number of aromatic nitrogens is 2. The van der Waals surface area contributed by atoms with Gasteiger partial charge in [0.05, 0.1) is 29.4 Å². The van der Waals surface area contributed by atoms with Crippen LogP contribution in [0.1, 0.15) is 103 Å². The Morgan fingerprint density at radius 2 is 1.86 bits per heavy atom. The molecule has 4 heterocycles. The van der Waals surface area contributed by atoms with Gasteiger partial charge in [0.15, 0.2) is 11.4 Å². The van der Waals surface area contributed by atoms with Crippen molar-refractivity contribution in [2.24, 2.45) is 5.92 Å². The van der Waals surface area contributed by atoms with Crippen molar-refractivity contribution in [2.45, 2.75) is 139 Å². The Morgan fingerprint density at radius 3 is 2.52 bits per heavy atom. The largest absolute Gasteiger partial charge is 0.486 e. The molecule has 58 heavy (non-hydrogen) atoms. The van der Waals surface area contributed by atoms with E-state index < -0.39 is 92.0 Å². The number of alkyl halides is 3. The van der Waals surface area contributed by atoms with Crippen LogP contribution in [0, 0.1) is 5.92 Å². The molecule has 6 rings (SSSR count). The molecule has 6 unspecified atom stereocenters. The molecule has 0 bridgehead atoms. The average molecular weight is 837 g/mol. The second-order valence-corrected chi connectivity index (χ2v) is 18.1. The monoisotopic (exact) mass is 836 g/mol. The Hall–Kier alpha value is -4.68. The number of nitrogens with one attached hydrogen (secondary N) is 3. The Morgan fingerprint density at radius 1 is 1.12 bits per heavy atom. The molecule has 0 spiro atoms. The summed E-state index contributed by atoms with van der Waals surface area (Å²) in [4.78, 5) is 65.2. The van der Waals surface area contributed by atoms with Crippen molar-refractivity contribution in [1.82, 2.24) is 30.2 Å². The van der Waals surface area contributed by atoms with E-state index in [1.165, 1.54) is 26.2 Å². The van der Waals surface area contributed by atoms with Crippen molar-refractivity contribution in [3.63, 3.8) is 0 Å². The van der Waals surface area contributed by atoms with Crippen LogP contribution in [0.4, 0.5) is 18.0 Å². The fourth-order valence-corrected chi connectivity index (χ4v) is 8.80. The second-order valence-electron chi connectivity index (χ2n) is 15.9. The number of rotatable bonds is 10. The number of fused-ring (bicyclic) bond motifs is 3. The van der Waals surface area contributed by atoms with E-state index in [1.807, 2.05) is 13.0 Å². The third-order valence-corrected chi connectivity index (χ3v) is 13.8. The molecule has 2 aliphatic carbocycles. The maximum atomic E-state index is 14.7. The number of carbonyl (C=O) groups is 4. The molecule has 2 aromatic heterocycles. The molecule has 2 aliphatic heterocycles. The smallest absolute Gasteiger partial charge is 0.437 e. The number of pyridine rings is 2. The van der Waals surface area contributed by atoms with Crippen LogP contribution in [0.25, 0.3) is 11.0 Å². The molecular formula is C39H51F3N6O9S. The van der Waals surface area contributed by atoms with E-state index in [0.29, 0.717) is 44.9 Å². The SMILES string of the molecule is CCc1c(OC2CC3C(=O)NC4(C(=O)NS(=O)(=O)C5(C)CC5)CC4C=CCCCCCC(NC(=O)OC(C)CC)C(=O)N3C2)c(C(F)(F)F)nc2ccc(OC)nc12. The first kappa shape index (κ1) is 42.9. The number of carbonyl (C=O) groups excluding carboxylic acids is 4. The minimum atomic E-state index is -4.97. The maximum absolute atomic E-state index is 14.7. The van der Waals surface area contributed by atoms with Gasteiger partial charge in [0.1, 0.15) is 29.8 Å². The van der Waals surface area contributed by atoms with Crippen LogP contribution in [0.2, 0.25) is 0 Å². The number of aryl methyl sites for hydroxylation is 1. The summed E-state index contributed by atoms with van der Waals surface area (Å²) in [6, 6.07) is 0.157. The lowest BCUT2D eigenvalue weighted by molar-refractivity contribution is -0.143. The highest BCUT2D eigenvalue weighted by atomic mass is 32.2. The molecule has 3 N–H and O–H groups in total. The van der Waals surface area contributed by atoms with E-state index >= 15 is 0 Å². The van der Waals surface area contributed by atoms with Crippen LogP contribution in [-0.2, 0) is 41.7 Å². The third-order valence-electron chi connectivity index (χ3n) is 11.6. The number of ether oxygens (including phenoxy) is 3. The van der Waals surface area contributed by atoms with Crippen LogP contribution in [0.5, 0.6) is 11.6 Å². The van der Waals surface area contributed by atoms with Gasteiger partial charge in [0, 0.05) is 24.0 Å². The number of nitrogens with zero attached hydrogens (tertiary/aromatic N) is 3. The Bertz CT molecular complexity index is 2080. The minimum absolute atomic E-state index is 0.0374. The average Bonchev–Trinajstić information content (AvgIpc) is 4.05. The molecule has 318 valence electrons. The second kappa shape index (κ2) is 16.5. The van der Waals surface area contributed by atoms with Gasteiger partial charge in [-0.2, -0.15) is 13.2 Å². The van der Waals surface area contributed by atoms with E-state index in [1.54, 1.807) is 19.9 Å². The number of allylic oxidation sites excluding steroid dienone is 1. The van der Waals surface area contributed by atoms with Gasteiger partial charge in [0.2, 0.25) is 27.7 Å². The van der Waals surface area contributed by atoms with Gasteiger partial charge >= 0.3 is 12.3 Å². The summed E-state index contributed by atoms with van der Waals surface area (Å²) in [6.07, 6.45) is -0.197. The lowest BCUT2D eigenvalue weighted by Crippen LogP contribution is -2.58. The van der Waals surface area contributed by atoms with Crippen LogP contribution in [0.3, 0.4) is 0 Å². The molecule has 4 amide bonds. The lowest BCUT2D eigenvalue weighted by atomic mass is 10.0. The molecule has 6 atom stereocenters. The normalized spacial score (nSPS) is 26.6. The van der Waals surface area contributed by atoms with Crippen LogP contribution in [0.15, 0.2) is 24.3 Å². The molecule has 0 aromatic carbocycles. The van der Waals surface area contributed by atoms with E-state index in [0.717, 1.165) is 4.90 Å². The first-order valence-corrected chi connectivity index (χ1v) is 21.3. The maximum Gasteiger partial charge on any atom is 0.437 e. The number of halogens is 3. The van der Waals surface area contributed by atoms with Gasteiger partial charge in [-0.3, -0.25) is 19.1 Å². The van der Waals surface area contributed by atoms with Crippen molar-refractivity contribution in [3.05, 3.63) is 35.5 Å². The zero-order chi connectivity index (χ0) is 42.2. The van der Waals surface area contributed by atoms with Crippen LogP contribution in [-0.4, -0.2) is 95.3 Å². The van der Waals surface area contributed by atoms with Gasteiger partial charge in [-0.25, -0.2) is 23.2 Å². The molecule has 2 aromatic rings. The molecule has 2 saturated carbocycles. The first-order chi connectivity index (χ1) is 27.4. The van der Waals surface area contributed by atoms with Crippen molar-refractivity contribution in [3.8, 4) is 11.6 Å². The Balaban J connectivity index is 1.38. The van der Waals surface area contributed by atoms with E-state index in [-0.39, 0.29) is 54.7 Å². The van der Waals surface area contributed by atoms with Crippen molar-refractivity contribution >= 4 is 44.9 Å². The van der Waals surface area contributed by atoms with Gasteiger partial charge in [-0.1, -0.05) is 38.8 Å². The zero-order valence-corrected chi connectivity index (χ0v) is 34.1. The van der Waals surface area contributed by atoms with E-state index in [4.69, 9.17) is 14.2 Å². The minimum Gasteiger partial charge on any atom is -0.486 e. The highest BCUT2D eigenvalue weighted by Crippen LogP contribution is 2.48. The number of alkyl carbamates (subject to hydrolysis) is 1. The number of amides is 4. The quantitative estimate of drug-likeness (QED) is 0.277. The summed E-state index contributed by atoms with van der Waals surface area (Å²) >= 11 is 0. The van der Waals surface area contributed by atoms with Crippen molar-refractivity contribution < 1.29 is 55.0 Å². The molecule has 15 nitrogen and oxygen atoms in total. The number of hydrogen-bond donors (Lipinski definition) is 3. The van der Waals surface area contributed by atoms with Gasteiger partial charge in [0.25, 0.3) is 5.91 Å². The summed E-state index contributed by atoms with van der Waals surface area (Å²) < 4.78 is 88.2. The fourth-order valence-electron chi connectivity index (χ4n) is 7.48. The highest BCUT2D eigenvalue weighted by molar-refractivity contribution is 7.91. The lowest BCUT2D eigenvalue weighted by Gasteiger charge is -2.30. The van der Waals surface area contributed by atoms with Crippen molar-refractivity contribution in [1.29, 1.82) is 0 Å². The standard InChI is InChI=1S/C39H51F3N6O9S/c1-6-22(3)56-36(52)44-27-14-12-10-8-9-11-13-23-20-38(23,35(51)47-58(53,54)37(4)17-18-37)46-33(49)28-19-24(21-48(28)34(27)50)57-31-25(7-2)30-26(15-16-29(45-30)55-5)43-32(31)39(40,41)42/h11,13,15-16,22-24,27-28H,6-10,12,14,17-21H2,1-5H3,(H,44,52)(H,46,49)(H,47,51). The molecule has 4 aliphatic rings. The molecule has 19 heteroatoms. The third kappa shape index (κ3) is 8.83. The number of sulfonamides is 1. The molecule has 3 fully saturated rings. The van der Waals surface area contributed by atoms with Crippen LogP contribution >= 0.6 is 0 Å². The first-order valence-electron chi connectivity index (χ1n) is 19.8. The summed E-state index contributed by atoms with van der Waals surface area (Å²) in [5.41, 5.74) is -2.84. The van der Waals surface area contributed by atoms with E-state index in [9.17, 15) is 40.8 Å². The topological polar surface area (TPSA) is 195 Å². The number of methoxy groups -OCH3 is 1. The summed E-state index contributed by atoms with van der Waals surface area (Å²) in [7, 11) is -2.73. The van der Waals surface area contributed by atoms with Gasteiger partial charge < -0.3 is 29.7 Å². The molecule has 0 radical (unpaired) electrons. The highest BCUT2D eigenvalue weighted by Gasteiger charge is 2.63. The fraction of sp³-hybridized carbons (Fsp3) is 0.641. The summed E-state index contributed by atoms with van der Waals surface area (Å²) in [6.45, 7) is 6.28.